The fraction of sp³-hybridized carbons (Fsp3) is 0.565. The highest BCUT2D eigenvalue weighted by Gasteiger charge is 2.18. The van der Waals surface area contributed by atoms with E-state index in [1.165, 1.54) is 25.9 Å². The minimum Gasteiger partial charge on any atom is -0.493 e. The molecule has 0 saturated carbocycles. The third kappa shape index (κ3) is 4.94. The minimum absolute atomic E-state index is 0.204. The topological polar surface area (TPSA) is 68.7 Å². The summed E-state index contributed by atoms with van der Waals surface area (Å²) in [4.78, 5) is 11.5. The lowest BCUT2D eigenvalue weighted by atomic mass is 10.1. The van der Waals surface area contributed by atoms with E-state index in [0.29, 0.717) is 36.4 Å². The molecule has 2 fully saturated rings. The van der Waals surface area contributed by atoms with Crippen LogP contribution in [0, 0.1) is 12.3 Å². The standard InChI is InChI=1S/C23H30N4O3/c1-3-22-25-19-15-21(30-13-7-11-27-9-4-5-10-27)20(28-2)14-18(19)23(26-22)24-17-8-6-12-29-16-17/h1,14-15,17H,4-13,16H2,2H3,(H,24,25,26). The van der Waals surface area contributed by atoms with Crippen LogP contribution in [0.1, 0.15) is 37.9 Å². The molecule has 2 aliphatic rings. The van der Waals surface area contributed by atoms with Gasteiger partial charge in [-0.2, -0.15) is 0 Å². The van der Waals surface area contributed by atoms with E-state index >= 15 is 0 Å². The lowest BCUT2D eigenvalue weighted by Gasteiger charge is -2.24. The highest BCUT2D eigenvalue weighted by molar-refractivity contribution is 5.92. The zero-order valence-corrected chi connectivity index (χ0v) is 17.7. The first-order valence-electron chi connectivity index (χ1n) is 10.8. The number of anilines is 1. The van der Waals surface area contributed by atoms with Crippen LogP contribution in [-0.4, -0.2) is 67.5 Å². The molecule has 3 heterocycles. The molecule has 1 aromatic carbocycles. The van der Waals surface area contributed by atoms with Crippen molar-refractivity contribution in [2.75, 3.05) is 51.9 Å². The highest BCUT2D eigenvalue weighted by Crippen LogP contribution is 2.35. The molecule has 1 aromatic heterocycles. The van der Waals surface area contributed by atoms with Gasteiger partial charge in [0.15, 0.2) is 11.5 Å². The maximum Gasteiger partial charge on any atom is 0.207 e. The average Bonchev–Trinajstić information content (AvgIpc) is 3.30. The van der Waals surface area contributed by atoms with Gasteiger partial charge in [0.2, 0.25) is 5.82 Å². The van der Waals surface area contributed by atoms with Gasteiger partial charge in [-0.15, -0.1) is 6.42 Å². The highest BCUT2D eigenvalue weighted by atomic mass is 16.5. The summed E-state index contributed by atoms with van der Waals surface area (Å²) >= 11 is 0. The van der Waals surface area contributed by atoms with Gasteiger partial charge in [-0.05, 0) is 57.2 Å². The van der Waals surface area contributed by atoms with Crippen LogP contribution in [0.25, 0.3) is 10.9 Å². The van der Waals surface area contributed by atoms with E-state index in [9.17, 15) is 0 Å². The van der Waals surface area contributed by atoms with Crippen molar-refractivity contribution in [1.82, 2.24) is 14.9 Å². The Morgan fingerprint density at radius 2 is 2.10 bits per heavy atom. The van der Waals surface area contributed by atoms with E-state index in [-0.39, 0.29) is 6.04 Å². The van der Waals surface area contributed by atoms with Crippen molar-refractivity contribution >= 4 is 16.7 Å². The number of fused-ring (bicyclic) bond motifs is 1. The van der Waals surface area contributed by atoms with Crippen LogP contribution in [0.3, 0.4) is 0 Å². The second-order valence-electron chi connectivity index (χ2n) is 7.87. The maximum absolute atomic E-state index is 6.06. The van der Waals surface area contributed by atoms with E-state index in [1.807, 2.05) is 12.1 Å². The summed E-state index contributed by atoms with van der Waals surface area (Å²) in [6.07, 6.45) is 11.3. The zero-order valence-electron chi connectivity index (χ0n) is 17.7. The Morgan fingerprint density at radius 1 is 1.23 bits per heavy atom. The van der Waals surface area contributed by atoms with Crippen molar-refractivity contribution in [1.29, 1.82) is 0 Å². The van der Waals surface area contributed by atoms with E-state index in [4.69, 9.17) is 20.6 Å². The fourth-order valence-corrected chi connectivity index (χ4v) is 4.11. The second kappa shape index (κ2) is 9.96. The second-order valence-corrected chi connectivity index (χ2v) is 7.87. The van der Waals surface area contributed by atoms with Crippen molar-refractivity contribution in [3.63, 3.8) is 0 Å². The molecule has 0 radical (unpaired) electrons. The molecule has 1 N–H and O–H groups in total. The first-order chi connectivity index (χ1) is 14.8. The molecule has 7 heteroatoms. The average molecular weight is 411 g/mol. The van der Waals surface area contributed by atoms with Gasteiger partial charge in [0.25, 0.3) is 0 Å². The van der Waals surface area contributed by atoms with E-state index < -0.39 is 0 Å². The first-order valence-corrected chi connectivity index (χ1v) is 10.8. The fourth-order valence-electron chi connectivity index (χ4n) is 4.11. The number of hydrogen-bond acceptors (Lipinski definition) is 7. The van der Waals surface area contributed by atoms with Crippen LogP contribution in [0.4, 0.5) is 5.82 Å². The monoisotopic (exact) mass is 410 g/mol. The van der Waals surface area contributed by atoms with Crippen LogP contribution in [-0.2, 0) is 4.74 Å². The Bertz CT molecular complexity index is 899. The molecule has 0 spiro atoms. The molecular formula is C23H30N4O3. The van der Waals surface area contributed by atoms with Crippen molar-refractivity contribution < 1.29 is 14.2 Å². The largest absolute Gasteiger partial charge is 0.493 e. The van der Waals surface area contributed by atoms with Gasteiger partial charge in [0.1, 0.15) is 5.82 Å². The Balaban J connectivity index is 1.53. The van der Waals surface area contributed by atoms with Gasteiger partial charge in [-0.25, -0.2) is 9.97 Å². The van der Waals surface area contributed by atoms with Crippen molar-refractivity contribution in [2.24, 2.45) is 0 Å². The number of hydrogen-bond donors (Lipinski definition) is 1. The van der Waals surface area contributed by atoms with Gasteiger partial charge in [-0.3, -0.25) is 0 Å². The van der Waals surface area contributed by atoms with Crippen molar-refractivity contribution in [3.05, 3.63) is 18.0 Å². The van der Waals surface area contributed by atoms with Gasteiger partial charge in [-0.1, -0.05) is 0 Å². The number of aromatic nitrogens is 2. The Morgan fingerprint density at radius 3 is 2.83 bits per heavy atom. The third-order valence-electron chi connectivity index (χ3n) is 5.69. The summed E-state index contributed by atoms with van der Waals surface area (Å²) < 4.78 is 17.2. The van der Waals surface area contributed by atoms with Crippen molar-refractivity contribution in [2.45, 2.75) is 38.1 Å². The van der Waals surface area contributed by atoms with Gasteiger partial charge in [0, 0.05) is 24.6 Å². The lowest BCUT2D eigenvalue weighted by molar-refractivity contribution is 0.0875. The number of methoxy groups -OCH3 is 1. The minimum atomic E-state index is 0.204. The van der Waals surface area contributed by atoms with Gasteiger partial charge in [0.05, 0.1) is 31.9 Å². The summed E-state index contributed by atoms with van der Waals surface area (Å²) in [5.41, 5.74) is 0.743. The summed E-state index contributed by atoms with van der Waals surface area (Å²) in [6, 6.07) is 4.03. The molecule has 2 aromatic rings. The number of nitrogens with one attached hydrogen (secondary N) is 1. The smallest absolute Gasteiger partial charge is 0.207 e. The number of ether oxygens (including phenoxy) is 3. The van der Waals surface area contributed by atoms with Crippen LogP contribution in [0.5, 0.6) is 11.5 Å². The number of rotatable bonds is 8. The molecule has 0 amide bonds. The molecule has 30 heavy (non-hydrogen) atoms. The molecule has 0 aliphatic carbocycles. The molecule has 0 bridgehead atoms. The molecule has 2 aliphatic heterocycles. The van der Waals surface area contributed by atoms with Crippen LogP contribution in [0.15, 0.2) is 12.1 Å². The Kier molecular flexibility index (Phi) is 6.88. The number of nitrogens with zero attached hydrogens (tertiary/aromatic N) is 3. The Hall–Kier alpha value is -2.56. The number of likely N-dealkylation sites (tertiary alicyclic amines) is 1. The van der Waals surface area contributed by atoms with Gasteiger partial charge >= 0.3 is 0 Å². The quantitative estimate of drug-likeness (QED) is 0.530. The predicted molar refractivity (Wildman–Crippen MR) is 117 cm³/mol. The maximum atomic E-state index is 6.06. The summed E-state index contributed by atoms with van der Waals surface area (Å²) in [5.74, 6) is 4.97. The van der Waals surface area contributed by atoms with Crippen LogP contribution < -0.4 is 14.8 Å². The molecule has 2 saturated heterocycles. The summed E-state index contributed by atoms with van der Waals surface area (Å²) in [5, 5.41) is 4.34. The van der Waals surface area contributed by atoms with E-state index in [0.717, 1.165) is 43.3 Å². The van der Waals surface area contributed by atoms with Crippen LogP contribution in [0.2, 0.25) is 0 Å². The summed E-state index contributed by atoms with van der Waals surface area (Å²) in [7, 11) is 1.65. The van der Waals surface area contributed by atoms with Gasteiger partial charge < -0.3 is 24.4 Å². The van der Waals surface area contributed by atoms with Crippen LogP contribution >= 0.6 is 0 Å². The Labute approximate surface area is 178 Å². The first kappa shape index (κ1) is 20.7. The third-order valence-corrected chi connectivity index (χ3v) is 5.69. The molecule has 7 nitrogen and oxygen atoms in total. The molecule has 4 rings (SSSR count). The molecular weight excluding hydrogens is 380 g/mol. The lowest BCUT2D eigenvalue weighted by Crippen LogP contribution is -2.30. The van der Waals surface area contributed by atoms with Crippen molar-refractivity contribution in [3.8, 4) is 23.8 Å². The SMILES string of the molecule is C#Cc1nc(NC2CCCOC2)c2cc(OC)c(OCCCN3CCCC3)cc2n1. The van der Waals surface area contributed by atoms with E-state index in [1.54, 1.807) is 7.11 Å². The van der Waals surface area contributed by atoms with E-state index in [2.05, 4.69) is 26.1 Å². The number of benzene rings is 1. The zero-order chi connectivity index (χ0) is 20.8. The normalized spacial score (nSPS) is 19.5. The predicted octanol–water partition coefficient (Wildman–Crippen LogP) is 3.08. The molecule has 1 unspecified atom stereocenters. The molecule has 1 atom stereocenters. The summed E-state index contributed by atoms with van der Waals surface area (Å²) in [6.45, 7) is 5.57. The molecule has 160 valence electrons. The number of terminal acetylenes is 1.